The van der Waals surface area contributed by atoms with Crippen LogP contribution in [-0.2, 0) is 11.3 Å². The first-order valence-electron chi connectivity index (χ1n) is 7.61. The Labute approximate surface area is 122 Å². The Morgan fingerprint density at radius 1 is 1.40 bits per heavy atom. The molecule has 0 unspecified atom stereocenters. The van der Waals surface area contributed by atoms with Gasteiger partial charge in [0.2, 0.25) is 0 Å². The number of anilines is 1. The number of methoxy groups -OCH3 is 1. The zero-order chi connectivity index (χ0) is 14.4. The highest BCUT2D eigenvalue weighted by Crippen LogP contribution is 2.23. The van der Waals surface area contributed by atoms with Gasteiger partial charge < -0.3 is 15.0 Å². The Kier molecular flexibility index (Phi) is 5.80. The second-order valence-electron chi connectivity index (χ2n) is 5.93. The van der Waals surface area contributed by atoms with Crippen LogP contribution < -0.4 is 10.2 Å². The molecule has 0 aliphatic carbocycles. The summed E-state index contributed by atoms with van der Waals surface area (Å²) in [4.78, 5) is 6.91. The van der Waals surface area contributed by atoms with Crippen LogP contribution in [0.5, 0.6) is 0 Å². The molecule has 1 aliphatic heterocycles. The normalized spacial score (nSPS) is 16.9. The maximum Gasteiger partial charge on any atom is 0.0562 e. The van der Waals surface area contributed by atoms with Crippen molar-refractivity contribution < 1.29 is 4.74 Å². The summed E-state index contributed by atoms with van der Waals surface area (Å²) in [6.07, 6.45) is 4.36. The van der Waals surface area contributed by atoms with E-state index < -0.39 is 0 Å². The standard InChI is InChI=1S/C16H27N3O/c1-13(2)18-11-15-10-16(4-7-17-15)19-8-5-14(6-9-19)12-20-3/h4,7,10,13-14,18H,5-6,8-9,11-12H2,1-3H3. The van der Waals surface area contributed by atoms with Crippen molar-refractivity contribution in [1.29, 1.82) is 0 Å². The quantitative estimate of drug-likeness (QED) is 0.866. The molecule has 1 saturated heterocycles. The number of nitrogens with one attached hydrogen (secondary N) is 1. The summed E-state index contributed by atoms with van der Waals surface area (Å²) in [6.45, 7) is 8.29. The third-order valence-corrected chi connectivity index (χ3v) is 3.87. The Morgan fingerprint density at radius 2 is 2.15 bits per heavy atom. The zero-order valence-corrected chi connectivity index (χ0v) is 12.9. The molecule has 1 aliphatic rings. The van der Waals surface area contributed by atoms with Crippen LogP contribution in [0.1, 0.15) is 32.4 Å². The van der Waals surface area contributed by atoms with Gasteiger partial charge in [-0.05, 0) is 30.9 Å². The van der Waals surface area contributed by atoms with Crippen LogP contribution in [0.4, 0.5) is 5.69 Å². The molecule has 4 heteroatoms. The van der Waals surface area contributed by atoms with E-state index >= 15 is 0 Å². The first kappa shape index (κ1) is 15.3. The molecule has 0 aromatic carbocycles. The summed E-state index contributed by atoms with van der Waals surface area (Å²) in [6, 6.07) is 4.83. The Balaban J connectivity index is 1.91. The van der Waals surface area contributed by atoms with Crippen molar-refractivity contribution in [3.63, 3.8) is 0 Å². The van der Waals surface area contributed by atoms with E-state index in [1.165, 1.54) is 18.5 Å². The van der Waals surface area contributed by atoms with E-state index in [-0.39, 0.29) is 0 Å². The van der Waals surface area contributed by atoms with Gasteiger partial charge in [-0.25, -0.2) is 0 Å². The third kappa shape index (κ3) is 4.46. The second-order valence-corrected chi connectivity index (χ2v) is 5.93. The maximum atomic E-state index is 5.26. The maximum absolute atomic E-state index is 5.26. The van der Waals surface area contributed by atoms with E-state index in [1.807, 2.05) is 6.20 Å². The van der Waals surface area contributed by atoms with Crippen molar-refractivity contribution in [2.24, 2.45) is 5.92 Å². The Bertz CT molecular complexity index is 400. The van der Waals surface area contributed by atoms with Gasteiger partial charge in [-0.1, -0.05) is 13.8 Å². The van der Waals surface area contributed by atoms with Gasteiger partial charge >= 0.3 is 0 Å². The van der Waals surface area contributed by atoms with Crippen LogP contribution in [0, 0.1) is 5.92 Å². The Morgan fingerprint density at radius 3 is 2.80 bits per heavy atom. The smallest absolute Gasteiger partial charge is 0.0562 e. The summed E-state index contributed by atoms with van der Waals surface area (Å²) in [5.41, 5.74) is 2.42. The van der Waals surface area contributed by atoms with Gasteiger partial charge in [-0.2, -0.15) is 0 Å². The second kappa shape index (κ2) is 7.60. The Hall–Kier alpha value is -1.13. The molecular weight excluding hydrogens is 250 g/mol. The topological polar surface area (TPSA) is 37.4 Å². The van der Waals surface area contributed by atoms with Crippen LogP contribution >= 0.6 is 0 Å². The van der Waals surface area contributed by atoms with Gasteiger partial charge in [0.05, 0.1) is 5.69 Å². The van der Waals surface area contributed by atoms with Crippen LogP contribution in [0.15, 0.2) is 18.3 Å². The lowest BCUT2D eigenvalue weighted by atomic mass is 9.97. The minimum absolute atomic E-state index is 0.491. The molecule has 0 bridgehead atoms. The van der Waals surface area contributed by atoms with Crippen molar-refractivity contribution in [3.05, 3.63) is 24.0 Å². The number of pyridine rings is 1. The summed E-state index contributed by atoms with van der Waals surface area (Å²) < 4.78 is 5.26. The minimum atomic E-state index is 0.491. The molecule has 0 radical (unpaired) electrons. The molecule has 0 spiro atoms. The van der Waals surface area contributed by atoms with Crippen molar-refractivity contribution >= 4 is 5.69 Å². The van der Waals surface area contributed by atoms with Crippen LogP contribution in [0.2, 0.25) is 0 Å². The largest absolute Gasteiger partial charge is 0.384 e. The van der Waals surface area contributed by atoms with Crippen LogP contribution in [0.25, 0.3) is 0 Å². The molecule has 1 aromatic rings. The number of piperidine rings is 1. The highest BCUT2D eigenvalue weighted by molar-refractivity contribution is 5.46. The highest BCUT2D eigenvalue weighted by Gasteiger charge is 2.19. The first-order chi connectivity index (χ1) is 9.69. The molecular formula is C16H27N3O. The van der Waals surface area contributed by atoms with Crippen LogP contribution in [-0.4, -0.2) is 37.8 Å². The molecule has 112 valence electrons. The van der Waals surface area contributed by atoms with E-state index in [0.717, 1.165) is 37.9 Å². The summed E-state index contributed by atoms with van der Waals surface area (Å²) >= 11 is 0. The fraction of sp³-hybridized carbons (Fsp3) is 0.688. The molecule has 4 nitrogen and oxygen atoms in total. The predicted octanol–water partition coefficient (Wildman–Crippen LogP) is 2.44. The first-order valence-corrected chi connectivity index (χ1v) is 7.61. The van der Waals surface area contributed by atoms with E-state index in [4.69, 9.17) is 4.74 Å². The van der Waals surface area contributed by atoms with Gasteiger partial charge in [0.15, 0.2) is 0 Å². The predicted molar refractivity (Wildman–Crippen MR) is 83.0 cm³/mol. The molecule has 1 aromatic heterocycles. The molecule has 1 fully saturated rings. The molecule has 0 saturated carbocycles. The summed E-state index contributed by atoms with van der Waals surface area (Å²) in [5, 5.41) is 3.42. The van der Waals surface area contributed by atoms with Crippen molar-refractivity contribution in [2.75, 3.05) is 31.7 Å². The molecule has 0 amide bonds. The molecule has 20 heavy (non-hydrogen) atoms. The monoisotopic (exact) mass is 277 g/mol. The van der Waals surface area contributed by atoms with E-state index in [9.17, 15) is 0 Å². The highest BCUT2D eigenvalue weighted by atomic mass is 16.5. The lowest BCUT2D eigenvalue weighted by Crippen LogP contribution is -2.35. The number of rotatable bonds is 6. The van der Waals surface area contributed by atoms with E-state index in [0.29, 0.717) is 6.04 Å². The van der Waals surface area contributed by atoms with Crippen molar-refractivity contribution in [2.45, 2.75) is 39.3 Å². The fourth-order valence-electron chi connectivity index (χ4n) is 2.66. The summed E-state index contributed by atoms with van der Waals surface area (Å²) in [7, 11) is 1.79. The lowest BCUT2D eigenvalue weighted by Gasteiger charge is -2.33. The number of hydrogen-bond donors (Lipinski definition) is 1. The van der Waals surface area contributed by atoms with Gasteiger partial charge in [0, 0.05) is 51.3 Å². The van der Waals surface area contributed by atoms with Crippen molar-refractivity contribution in [3.8, 4) is 0 Å². The van der Waals surface area contributed by atoms with Gasteiger partial charge in [-0.3, -0.25) is 4.98 Å². The van der Waals surface area contributed by atoms with Gasteiger partial charge in [-0.15, -0.1) is 0 Å². The summed E-state index contributed by atoms with van der Waals surface area (Å²) in [5.74, 6) is 0.722. The average Bonchev–Trinajstić information content (AvgIpc) is 2.47. The number of ether oxygens (including phenoxy) is 1. The van der Waals surface area contributed by atoms with Gasteiger partial charge in [0.1, 0.15) is 0 Å². The van der Waals surface area contributed by atoms with Crippen molar-refractivity contribution in [1.82, 2.24) is 10.3 Å². The number of nitrogens with zero attached hydrogens (tertiary/aromatic N) is 2. The minimum Gasteiger partial charge on any atom is -0.384 e. The zero-order valence-electron chi connectivity index (χ0n) is 12.9. The SMILES string of the molecule is COCC1CCN(c2ccnc(CNC(C)C)c2)CC1. The van der Waals surface area contributed by atoms with E-state index in [1.54, 1.807) is 7.11 Å². The average molecular weight is 277 g/mol. The number of hydrogen-bond acceptors (Lipinski definition) is 4. The third-order valence-electron chi connectivity index (χ3n) is 3.87. The molecule has 2 heterocycles. The van der Waals surface area contributed by atoms with Crippen LogP contribution in [0.3, 0.4) is 0 Å². The molecule has 0 atom stereocenters. The van der Waals surface area contributed by atoms with Gasteiger partial charge in [0.25, 0.3) is 0 Å². The number of aromatic nitrogens is 1. The lowest BCUT2D eigenvalue weighted by molar-refractivity contribution is 0.139. The molecule has 1 N–H and O–H groups in total. The van der Waals surface area contributed by atoms with E-state index in [2.05, 4.69) is 41.2 Å². The molecule has 2 rings (SSSR count). The fourth-order valence-corrected chi connectivity index (χ4v) is 2.66.